The van der Waals surface area contributed by atoms with Crippen molar-refractivity contribution in [1.29, 1.82) is 0 Å². The fourth-order valence-corrected chi connectivity index (χ4v) is 11.4. The Morgan fingerprint density at radius 1 is 0.349 bits per heavy atom. The zero-order valence-electron chi connectivity index (χ0n) is 34.9. The highest BCUT2D eigenvalue weighted by molar-refractivity contribution is 6.24. The maximum atomic E-state index is 6.72. The van der Waals surface area contributed by atoms with Gasteiger partial charge < -0.3 is 8.98 Å². The first-order valence-corrected chi connectivity index (χ1v) is 22.0. The molecule has 0 N–H and O–H groups in total. The van der Waals surface area contributed by atoms with Crippen LogP contribution < -0.4 is 0 Å². The standard InChI is InChI=1S/C61H39NO/c1-61(2)53-23-13-12-18-42(53)49-35-56-51(34-54(49)61)50-30-38(27-29-55(50)62(56)40-15-4-3-5-16-40)59-44-19-8-10-21-46(44)60(47-22-11-9-20-45(47)59)39-26-28-43-52-33-48-37(31-58(52)63-57(43)32-39)25-24-36-14-6-7-17-41(36)48/h3-35H,1-2H3. The molecule has 0 fully saturated rings. The second kappa shape index (κ2) is 12.6. The Kier molecular flexibility index (Phi) is 6.93. The van der Waals surface area contributed by atoms with E-state index in [9.17, 15) is 0 Å². The van der Waals surface area contributed by atoms with Crippen molar-refractivity contribution in [1.82, 2.24) is 4.57 Å². The summed E-state index contributed by atoms with van der Waals surface area (Å²) in [6.07, 6.45) is 0. The number of rotatable bonds is 3. The van der Waals surface area contributed by atoms with Gasteiger partial charge in [0.15, 0.2) is 0 Å². The van der Waals surface area contributed by atoms with Gasteiger partial charge in [-0.15, -0.1) is 0 Å². The maximum Gasteiger partial charge on any atom is 0.136 e. The number of aromatic nitrogens is 1. The molecule has 0 amide bonds. The highest BCUT2D eigenvalue weighted by Crippen LogP contribution is 2.52. The molecule has 0 saturated heterocycles. The van der Waals surface area contributed by atoms with E-state index in [1.807, 2.05) is 0 Å². The Labute approximate surface area is 363 Å². The van der Waals surface area contributed by atoms with Crippen LogP contribution in [0, 0.1) is 0 Å². The van der Waals surface area contributed by atoms with E-state index in [-0.39, 0.29) is 5.41 Å². The lowest BCUT2D eigenvalue weighted by Crippen LogP contribution is -2.14. The Bertz CT molecular complexity index is 4050. The third-order valence-corrected chi connectivity index (χ3v) is 14.3. The summed E-state index contributed by atoms with van der Waals surface area (Å²) in [6, 6.07) is 74.2. The molecule has 0 radical (unpaired) electrons. The molecule has 2 nitrogen and oxygen atoms in total. The molecule has 2 aromatic heterocycles. The number of benzene rings is 11. The van der Waals surface area contributed by atoms with E-state index in [0.717, 1.165) is 27.5 Å². The minimum atomic E-state index is -0.102. The van der Waals surface area contributed by atoms with Crippen LogP contribution in [0.25, 0.3) is 126 Å². The highest BCUT2D eigenvalue weighted by atomic mass is 16.3. The number of hydrogen-bond acceptors (Lipinski definition) is 1. The lowest BCUT2D eigenvalue weighted by Gasteiger charge is -2.21. The molecule has 294 valence electrons. The van der Waals surface area contributed by atoms with Crippen LogP contribution in [0.2, 0.25) is 0 Å². The molecule has 0 spiro atoms. The quantitative estimate of drug-likeness (QED) is 0.129. The molecule has 1 aliphatic rings. The first kappa shape index (κ1) is 34.7. The van der Waals surface area contributed by atoms with Crippen LogP contribution in [0.4, 0.5) is 0 Å². The largest absolute Gasteiger partial charge is 0.456 e. The molecule has 0 aliphatic heterocycles. The van der Waals surface area contributed by atoms with Crippen LogP contribution >= 0.6 is 0 Å². The lowest BCUT2D eigenvalue weighted by atomic mass is 9.82. The summed E-state index contributed by atoms with van der Waals surface area (Å²) in [6.45, 7) is 4.75. The van der Waals surface area contributed by atoms with E-state index >= 15 is 0 Å². The SMILES string of the molecule is CC1(C)c2ccccc2-c2cc3c(cc21)c1cc(-c2c4ccccc4c(-c4ccc5c(c4)oc4cc6ccc7ccccc7c6cc45)c4ccccc24)ccc1n3-c1ccccc1. The van der Waals surface area contributed by atoms with Crippen LogP contribution in [-0.4, -0.2) is 4.57 Å². The molecule has 0 atom stereocenters. The molecule has 0 saturated carbocycles. The van der Waals surface area contributed by atoms with Crippen molar-refractivity contribution in [3.05, 3.63) is 211 Å². The van der Waals surface area contributed by atoms with Crippen molar-refractivity contribution in [2.24, 2.45) is 0 Å². The monoisotopic (exact) mass is 801 g/mol. The number of furan rings is 1. The molecule has 11 aromatic carbocycles. The van der Waals surface area contributed by atoms with E-state index in [0.29, 0.717) is 0 Å². The van der Waals surface area contributed by atoms with E-state index < -0.39 is 0 Å². The van der Waals surface area contributed by atoms with Crippen LogP contribution in [0.5, 0.6) is 0 Å². The summed E-state index contributed by atoms with van der Waals surface area (Å²) >= 11 is 0. The summed E-state index contributed by atoms with van der Waals surface area (Å²) < 4.78 is 9.18. The summed E-state index contributed by atoms with van der Waals surface area (Å²) in [5.41, 5.74) is 15.6. The average molecular weight is 802 g/mol. The van der Waals surface area contributed by atoms with Gasteiger partial charge in [-0.05, 0) is 148 Å². The lowest BCUT2D eigenvalue weighted by molar-refractivity contribution is 0.661. The van der Waals surface area contributed by atoms with Crippen molar-refractivity contribution in [3.8, 4) is 39.1 Å². The number of fused-ring (bicyclic) bond motifs is 14. The van der Waals surface area contributed by atoms with Gasteiger partial charge in [0.1, 0.15) is 11.2 Å². The molecule has 63 heavy (non-hydrogen) atoms. The van der Waals surface area contributed by atoms with E-state index in [2.05, 4.69) is 219 Å². The average Bonchev–Trinajstić information content (AvgIpc) is 3.93. The Balaban J connectivity index is 0.998. The van der Waals surface area contributed by atoms with Crippen molar-refractivity contribution in [2.45, 2.75) is 19.3 Å². The summed E-state index contributed by atoms with van der Waals surface area (Å²) in [4.78, 5) is 0. The molecule has 0 unspecified atom stereocenters. The van der Waals surface area contributed by atoms with Crippen LogP contribution in [-0.2, 0) is 5.41 Å². The zero-order chi connectivity index (χ0) is 41.6. The van der Waals surface area contributed by atoms with E-state index in [1.54, 1.807) is 0 Å². The molecule has 14 rings (SSSR count). The van der Waals surface area contributed by atoms with Gasteiger partial charge in [0, 0.05) is 32.6 Å². The minimum Gasteiger partial charge on any atom is -0.456 e. The predicted molar refractivity (Wildman–Crippen MR) is 267 cm³/mol. The van der Waals surface area contributed by atoms with Gasteiger partial charge in [-0.25, -0.2) is 0 Å². The number of para-hydroxylation sites is 1. The third-order valence-electron chi connectivity index (χ3n) is 14.3. The molecule has 2 heterocycles. The molecule has 1 aliphatic carbocycles. The van der Waals surface area contributed by atoms with Gasteiger partial charge in [-0.1, -0.05) is 153 Å². The summed E-state index contributed by atoms with van der Waals surface area (Å²) in [7, 11) is 0. The second-order valence-electron chi connectivity index (χ2n) is 18.0. The predicted octanol–water partition coefficient (Wildman–Crippen LogP) is 16.9. The highest BCUT2D eigenvalue weighted by Gasteiger charge is 2.36. The van der Waals surface area contributed by atoms with Crippen molar-refractivity contribution >= 4 is 86.8 Å². The van der Waals surface area contributed by atoms with Gasteiger partial charge in [0.05, 0.1) is 11.0 Å². The first-order valence-electron chi connectivity index (χ1n) is 22.0. The Morgan fingerprint density at radius 2 is 0.952 bits per heavy atom. The van der Waals surface area contributed by atoms with Gasteiger partial charge >= 0.3 is 0 Å². The topological polar surface area (TPSA) is 18.1 Å². The zero-order valence-corrected chi connectivity index (χ0v) is 34.9. The van der Waals surface area contributed by atoms with Gasteiger partial charge in [-0.2, -0.15) is 0 Å². The first-order chi connectivity index (χ1) is 31.0. The summed E-state index contributed by atoms with van der Waals surface area (Å²) in [5.74, 6) is 0. The van der Waals surface area contributed by atoms with Crippen molar-refractivity contribution in [3.63, 3.8) is 0 Å². The third kappa shape index (κ3) is 4.78. The number of hydrogen-bond donors (Lipinski definition) is 0. The van der Waals surface area contributed by atoms with Gasteiger partial charge in [0.2, 0.25) is 0 Å². The molecule has 2 heteroatoms. The molecule has 0 bridgehead atoms. The normalized spacial score (nSPS) is 13.4. The van der Waals surface area contributed by atoms with E-state index in [1.165, 1.54) is 110 Å². The van der Waals surface area contributed by atoms with Crippen molar-refractivity contribution < 1.29 is 4.42 Å². The smallest absolute Gasteiger partial charge is 0.136 e. The fourth-order valence-electron chi connectivity index (χ4n) is 11.4. The van der Waals surface area contributed by atoms with Crippen LogP contribution in [0.3, 0.4) is 0 Å². The Hall–Kier alpha value is -7.94. The molecular weight excluding hydrogens is 763 g/mol. The van der Waals surface area contributed by atoms with Crippen LogP contribution in [0.1, 0.15) is 25.0 Å². The van der Waals surface area contributed by atoms with Gasteiger partial charge in [0.25, 0.3) is 0 Å². The molecule has 13 aromatic rings. The Morgan fingerprint density at radius 3 is 1.71 bits per heavy atom. The van der Waals surface area contributed by atoms with E-state index in [4.69, 9.17) is 4.42 Å². The second-order valence-corrected chi connectivity index (χ2v) is 18.0. The van der Waals surface area contributed by atoms with Crippen molar-refractivity contribution in [2.75, 3.05) is 0 Å². The summed E-state index contributed by atoms with van der Waals surface area (Å²) in [5, 5.41) is 14.7. The minimum absolute atomic E-state index is 0.102. The van der Waals surface area contributed by atoms with Gasteiger partial charge in [-0.3, -0.25) is 0 Å². The van der Waals surface area contributed by atoms with Crippen LogP contribution in [0.15, 0.2) is 205 Å². The fraction of sp³-hybridized carbons (Fsp3) is 0.0492. The number of nitrogens with zero attached hydrogens (tertiary/aromatic N) is 1. The maximum absolute atomic E-state index is 6.72. The molecular formula is C61H39NO.